The lowest BCUT2D eigenvalue weighted by Gasteiger charge is -2.17. The maximum atomic E-state index is 12.2. The molecule has 1 aliphatic carbocycles. The Morgan fingerprint density at radius 3 is 2.61 bits per heavy atom. The summed E-state index contributed by atoms with van der Waals surface area (Å²) in [5.74, 6) is -0.683. The molecular formula is C17H19NO5. The van der Waals surface area contributed by atoms with E-state index in [-0.39, 0.29) is 41.4 Å². The Bertz CT molecular complexity index is 675. The maximum absolute atomic E-state index is 12.2. The van der Waals surface area contributed by atoms with Crippen molar-refractivity contribution in [2.45, 2.75) is 32.1 Å². The van der Waals surface area contributed by atoms with Gasteiger partial charge in [-0.05, 0) is 18.6 Å². The maximum Gasteiger partial charge on any atom is 0.305 e. The minimum absolute atomic E-state index is 0.0136. The SMILES string of the molecule is COC(=O)CCC(=Nc1ccccc1O)C1=C(O)CCCC1=O. The Morgan fingerprint density at radius 2 is 1.96 bits per heavy atom. The molecule has 0 unspecified atom stereocenters. The molecule has 0 saturated heterocycles. The number of phenols is 1. The van der Waals surface area contributed by atoms with Gasteiger partial charge in [-0.25, -0.2) is 4.99 Å². The van der Waals surface area contributed by atoms with Crippen molar-refractivity contribution in [1.29, 1.82) is 0 Å². The number of carbonyl (C=O) groups excluding carboxylic acids is 2. The predicted molar refractivity (Wildman–Crippen MR) is 85.0 cm³/mol. The normalized spacial score (nSPS) is 15.7. The summed E-state index contributed by atoms with van der Waals surface area (Å²) < 4.78 is 4.61. The van der Waals surface area contributed by atoms with Gasteiger partial charge in [0, 0.05) is 19.3 Å². The standard InChI is InChI=1S/C17H19NO5/c1-23-16(22)10-9-12(17-14(20)7-4-8-15(17)21)18-11-5-2-3-6-13(11)19/h2-3,5-6,19-20H,4,7-10H2,1H3. The van der Waals surface area contributed by atoms with Crippen molar-refractivity contribution in [2.24, 2.45) is 4.99 Å². The van der Waals surface area contributed by atoms with Crippen molar-refractivity contribution < 1.29 is 24.5 Å². The van der Waals surface area contributed by atoms with Crippen molar-refractivity contribution in [3.8, 4) is 5.75 Å². The molecule has 0 spiro atoms. The molecule has 6 nitrogen and oxygen atoms in total. The first-order valence-corrected chi connectivity index (χ1v) is 7.41. The number of esters is 1. The average Bonchev–Trinajstić information content (AvgIpc) is 2.53. The van der Waals surface area contributed by atoms with Gasteiger partial charge in [-0.15, -0.1) is 0 Å². The van der Waals surface area contributed by atoms with E-state index in [0.717, 1.165) is 0 Å². The van der Waals surface area contributed by atoms with Gasteiger partial charge in [0.2, 0.25) is 0 Å². The molecule has 1 aliphatic rings. The van der Waals surface area contributed by atoms with Gasteiger partial charge in [-0.3, -0.25) is 9.59 Å². The summed E-state index contributed by atoms with van der Waals surface area (Å²) in [4.78, 5) is 27.9. The number of para-hydroxylation sites is 2. The molecule has 0 radical (unpaired) electrons. The van der Waals surface area contributed by atoms with E-state index in [2.05, 4.69) is 9.73 Å². The van der Waals surface area contributed by atoms with Gasteiger partial charge >= 0.3 is 5.97 Å². The highest BCUT2D eigenvalue weighted by molar-refractivity contribution is 6.24. The van der Waals surface area contributed by atoms with Crippen LogP contribution in [0.4, 0.5) is 5.69 Å². The summed E-state index contributed by atoms with van der Waals surface area (Å²) in [5.41, 5.74) is 0.730. The summed E-state index contributed by atoms with van der Waals surface area (Å²) in [6.07, 6.45) is 1.50. The molecule has 0 aliphatic heterocycles. The first-order valence-electron chi connectivity index (χ1n) is 7.41. The highest BCUT2D eigenvalue weighted by Crippen LogP contribution is 2.29. The van der Waals surface area contributed by atoms with Crippen LogP contribution < -0.4 is 0 Å². The number of carbonyl (C=O) groups is 2. The minimum atomic E-state index is -0.432. The van der Waals surface area contributed by atoms with Crippen LogP contribution in [0.2, 0.25) is 0 Å². The fourth-order valence-corrected chi connectivity index (χ4v) is 2.42. The number of Topliss-reactive ketones (excluding diaryl/α,β-unsaturated/α-hetero) is 1. The fraction of sp³-hybridized carbons (Fsp3) is 0.353. The molecule has 0 aromatic heterocycles. The van der Waals surface area contributed by atoms with Gasteiger partial charge < -0.3 is 14.9 Å². The van der Waals surface area contributed by atoms with Crippen LogP contribution in [0.5, 0.6) is 5.75 Å². The van der Waals surface area contributed by atoms with Crippen LogP contribution in [-0.2, 0) is 14.3 Å². The Kier molecular flexibility index (Phi) is 5.51. The zero-order valence-electron chi connectivity index (χ0n) is 12.9. The number of aliphatic hydroxyl groups excluding tert-OH is 1. The number of aromatic hydroxyl groups is 1. The summed E-state index contributed by atoms with van der Waals surface area (Å²) in [7, 11) is 1.28. The van der Waals surface area contributed by atoms with E-state index in [1.807, 2.05) is 0 Å². The molecular weight excluding hydrogens is 298 g/mol. The van der Waals surface area contributed by atoms with Gasteiger partial charge in [0.15, 0.2) is 5.78 Å². The number of rotatable bonds is 5. The van der Waals surface area contributed by atoms with Crippen LogP contribution in [0.15, 0.2) is 40.6 Å². The van der Waals surface area contributed by atoms with E-state index in [0.29, 0.717) is 25.0 Å². The first-order chi connectivity index (χ1) is 11.0. The Hall–Kier alpha value is -2.63. The van der Waals surface area contributed by atoms with Gasteiger partial charge in [-0.1, -0.05) is 12.1 Å². The highest BCUT2D eigenvalue weighted by Gasteiger charge is 2.25. The van der Waals surface area contributed by atoms with Crippen molar-refractivity contribution in [3.63, 3.8) is 0 Å². The molecule has 122 valence electrons. The number of phenolic OH excluding ortho intramolecular Hbond substituents is 1. The van der Waals surface area contributed by atoms with Gasteiger partial charge in [0.1, 0.15) is 17.2 Å². The third-order valence-corrected chi connectivity index (χ3v) is 3.60. The number of hydrogen-bond acceptors (Lipinski definition) is 6. The van der Waals surface area contributed by atoms with E-state index in [4.69, 9.17) is 0 Å². The highest BCUT2D eigenvalue weighted by atomic mass is 16.5. The lowest BCUT2D eigenvalue weighted by molar-refractivity contribution is -0.140. The quantitative estimate of drug-likeness (QED) is 0.643. The van der Waals surface area contributed by atoms with Crippen molar-refractivity contribution in [3.05, 3.63) is 35.6 Å². The van der Waals surface area contributed by atoms with Gasteiger partial charge in [-0.2, -0.15) is 0 Å². The zero-order chi connectivity index (χ0) is 16.8. The molecule has 2 rings (SSSR count). The predicted octanol–water partition coefficient (Wildman–Crippen LogP) is 2.98. The van der Waals surface area contributed by atoms with Gasteiger partial charge in [0.05, 0.1) is 24.8 Å². The molecule has 6 heteroatoms. The smallest absolute Gasteiger partial charge is 0.305 e. The van der Waals surface area contributed by atoms with Crippen molar-refractivity contribution in [2.75, 3.05) is 7.11 Å². The van der Waals surface area contributed by atoms with Gasteiger partial charge in [0.25, 0.3) is 0 Å². The van der Waals surface area contributed by atoms with Crippen molar-refractivity contribution >= 4 is 23.2 Å². The van der Waals surface area contributed by atoms with Crippen LogP contribution in [0, 0.1) is 0 Å². The zero-order valence-corrected chi connectivity index (χ0v) is 12.9. The number of ketones is 1. The summed E-state index contributed by atoms with van der Waals surface area (Å²) in [6, 6.07) is 6.43. The molecule has 1 aromatic rings. The number of allylic oxidation sites excluding steroid dienone is 2. The molecule has 0 heterocycles. The van der Waals surface area contributed by atoms with E-state index in [9.17, 15) is 19.8 Å². The molecule has 0 saturated carbocycles. The molecule has 23 heavy (non-hydrogen) atoms. The molecule has 0 fully saturated rings. The van der Waals surface area contributed by atoms with Crippen LogP contribution in [0.1, 0.15) is 32.1 Å². The van der Waals surface area contributed by atoms with Crippen LogP contribution in [0.3, 0.4) is 0 Å². The third-order valence-electron chi connectivity index (χ3n) is 3.60. The molecule has 0 amide bonds. The molecule has 1 aromatic carbocycles. The van der Waals surface area contributed by atoms with E-state index in [1.54, 1.807) is 18.2 Å². The Balaban J connectivity index is 2.41. The largest absolute Gasteiger partial charge is 0.511 e. The lowest BCUT2D eigenvalue weighted by atomic mass is 9.91. The number of aliphatic hydroxyl groups is 1. The number of benzene rings is 1. The third kappa shape index (κ3) is 4.18. The van der Waals surface area contributed by atoms with Crippen LogP contribution in [0.25, 0.3) is 0 Å². The summed E-state index contributed by atoms with van der Waals surface area (Å²) in [6.45, 7) is 0. The Labute approximate surface area is 134 Å². The fourth-order valence-electron chi connectivity index (χ4n) is 2.42. The number of ether oxygens (including phenoxy) is 1. The van der Waals surface area contributed by atoms with E-state index < -0.39 is 5.97 Å². The van der Waals surface area contributed by atoms with E-state index >= 15 is 0 Å². The second kappa shape index (κ2) is 7.58. The second-order valence-corrected chi connectivity index (χ2v) is 5.22. The summed E-state index contributed by atoms with van der Waals surface area (Å²) in [5, 5.41) is 19.9. The second-order valence-electron chi connectivity index (χ2n) is 5.22. The topological polar surface area (TPSA) is 96.2 Å². The molecule has 2 N–H and O–H groups in total. The lowest BCUT2D eigenvalue weighted by Crippen LogP contribution is -2.20. The average molecular weight is 317 g/mol. The van der Waals surface area contributed by atoms with Crippen molar-refractivity contribution in [1.82, 2.24) is 0 Å². The number of hydrogen-bond donors (Lipinski definition) is 2. The summed E-state index contributed by atoms with van der Waals surface area (Å²) >= 11 is 0. The minimum Gasteiger partial charge on any atom is -0.511 e. The number of aliphatic imine (C=N–C) groups is 1. The van der Waals surface area contributed by atoms with E-state index in [1.165, 1.54) is 13.2 Å². The molecule has 0 atom stereocenters. The Morgan fingerprint density at radius 1 is 1.22 bits per heavy atom. The first kappa shape index (κ1) is 16.7. The molecule has 0 bridgehead atoms. The van der Waals surface area contributed by atoms with Crippen LogP contribution in [-0.4, -0.2) is 34.8 Å². The number of nitrogens with zero attached hydrogens (tertiary/aromatic N) is 1. The number of methoxy groups -OCH3 is 1. The monoisotopic (exact) mass is 317 g/mol. The van der Waals surface area contributed by atoms with Crippen LogP contribution >= 0.6 is 0 Å².